The predicted molar refractivity (Wildman–Crippen MR) is 78.7 cm³/mol. The van der Waals surface area contributed by atoms with E-state index in [1.165, 1.54) is 14.2 Å². The molecule has 0 aliphatic carbocycles. The Morgan fingerprint density at radius 1 is 1.38 bits per heavy atom. The zero-order valence-electron chi connectivity index (χ0n) is 12.2. The number of carbonyl (C=O) groups is 1. The third-order valence-electron chi connectivity index (χ3n) is 3.05. The van der Waals surface area contributed by atoms with Gasteiger partial charge in [-0.1, -0.05) is 12.1 Å². The van der Waals surface area contributed by atoms with E-state index < -0.39 is 18.1 Å². The molecule has 6 heteroatoms. The molecule has 0 fully saturated rings. The van der Waals surface area contributed by atoms with E-state index in [0.717, 1.165) is 0 Å². The van der Waals surface area contributed by atoms with Crippen molar-refractivity contribution < 1.29 is 24.5 Å². The van der Waals surface area contributed by atoms with Crippen molar-refractivity contribution in [1.29, 1.82) is 0 Å². The van der Waals surface area contributed by atoms with Crippen molar-refractivity contribution in [2.45, 2.75) is 18.6 Å². The summed E-state index contributed by atoms with van der Waals surface area (Å²) in [5.41, 5.74) is 0.551. The lowest BCUT2D eigenvalue weighted by Gasteiger charge is -2.23. The molecule has 0 spiro atoms. The minimum absolute atomic E-state index is 0.205. The van der Waals surface area contributed by atoms with E-state index in [-0.39, 0.29) is 6.42 Å². The summed E-state index contributed by atoms with van der Waals surface area (Å²) in [4.78, 5) is 10.9. The Morgan fingerprint density at radius 3 is 2.57 bits per heavy atom. The Morgan fingerprint density at radius 2 is 2.05 bits per heavy atom. The van der Waals surface area contributed by atoms with Gasteiger partial charge in [-0.2, -0.15) is 0 Å². The zero-order chi connectivity index (χ0) is 15.8. The molecule has 0 heterocycles. The summed E-state index contributed by atoms with van der Waals surface area (Å²) in [6, 6.07) is 4.35. The van der Waals surface area contributed by atoms with Gasteiger partial charge in [-0.25, -0.2) is 0 Å². The Hall–Kier alpha value is -2.05. The normalized spacial score (nSPS) is 13.3. The first-order valence-electron chi connectivity index (χ1n) is 6.49. The fourth-order valence-corrected chi connectivity index (χ4v) is 1.99. The van der Waals surface area contributed by atoms with E-state index in [2.05, 4.69) is 11.9 Å². The molecular formula is C15H21NO5. The fraction of sp³-hybridized carbons (Fsp3) is 0.400. The molecular weight excluding hydrogens is 274 g/mol. The Labute approximate surface area is 124 Å². The lowest BCUT2D eigenvalue weighted by atomic mass is 9.99. The van der Waals surface area contributed by atoms with Gasteiger partial charge in [-0.15, -0.1) is 6.58 Å². The van der Waals surface area contributed by atoms with Crippen LogP contribution in [0.5, 0.6) is 11.5 Å². The maximum absolute atomic E-state index is 10.9. The van der Waals surface area contributed by atoms with Crippen LogP contribution in [-0.2, 0) is 4.79 Å². The van der Waals surface area contributed by atoms with Crippen LogP contribution < -0.4 is 14.8 Å². The van der Waals surface area contributed by atoms with Gasteiger partial charge in [0, 0.05) is 12.6 Å². The maximum Gasteiger partial charge on any atom is 0.305 e. The van der Waals surface area contributed by atoms with Crippen molar-refractivity contribution in [2.24, 2.45) is 0 Å². The molecule has 0 aliphatic heterocycles. The summed E-state index contributed by atoms with van der Waals surface area (Å²) in [5, 5.41) is 22.3. The van der Waals surface area contributed by atoms with Crippen LogP contribution in [0, 0.1) is 0 Å². The summed E-state index contributed by atoms with van der Waals surface area (Å²) < 4.78 is 10.3. The summed E-state index contributed by atoms with van der Waals surface area (Å²) in [6.45, 7) is 3.97. The van der Waals surface area contributed by atoms with E-state index in [4.69, 9.17) is 14.6 Å². The average Bonchev–Trinajstić information content (AvgIpc) is 2.49. The van der Waals surface area contributed by atoms with E-state index in [1.54, 1.807) is 24.3 Å². The minimum atomic E-state index is -0.990. The third kappa shape index (κ3) is 4.77. The van der Waals surface area contributed by atoms with Gasteiger partial charge < -0.3 is 25.0 Å². The topological polar surface area (TPSA) is 88.0 Å². The van der Waals surface area contributed by atoms with Crippen molar-refractivity contribution in [3.8, 4) is 11.5 Å². The number of aliphatic hydroxyl groups is 1. The van der Waals surface area contributed by atoms with Crippen LogP contribution >= 0.6 is 0 Å². The second-order valence-electron chi connectivity index (χ2n) is 4.46. The zero-order valence-corrected chi connectivity index (χ0v) is 12.2. The van der Waals surface area contributed by atoms with Gasteiger partial charge in [0.05, 0.1) is 26.7 Å². The van der Waals surface area contributed by atoms with Crippen molar-refractivity contribution in [1.82, 2.24) is 5.32 Å². The number of benzene rings is 1. The Balaban J connectivity index is 2.98. The molecule has 6 nitrogen and oxygen atoms in total. The van der Waals surface area contributed by atoms with Gasteiger partial charge in [0.1, 0.15) is 0 Å². The second kappa shape index (κ2) is 8.28. The summed E-state index contributed by atoms with van der Waals surface area (Å²) in [7, 11) is 3.02. The number of rotatable bonds is 9. The average molecular weight is 295 g/mol. The number of methoxy groups -OCH3 is 2. The standard InChI is InChI=1S/C15H21NO5/c1-4-7-16-11(9-14(17)18)15(19)10-5-6-12(20-2)13(8-10)21-3/h4-6,8,11,15-16,19H,1,7,9H2,2-3H3,(H,17,18). The van der Waals surface area contributed by atoms with Gasteiger partial charge in [-0.3, -0.25) is 4.79 Å². The van der Waals surface area contributed by atoms with Crippen LogP contribution in [0.4, 0.5) is 0 Å². The number of hydrogen-bond donors (Lipinski definition) is 3. The second-order valence-corrected chi connectivity index (χ2v) is 4.46. The molecule has 1 rings (SSSR count). The van der Waals surface area contributed by atoms with Crippen LogP contribution in [0.1, 0.15) is 18.1 Å². The molecule has 1 aromatic rings. The highest BCUT2D eigenvalue weighted by molar-refractivity contribution is 5.67. The number of nitrogens with one attached hydrogen (secondary N) is 1. The molecule has 0 saturated heterocycles. The highest BCUT2D eigenvalue weighted by Crippen LogP contribution is 2.31. The van der Waals surface area contributed by atoms with Crippen LogP contribution in [0.15, 0.2) is 30.9 Å². The first-order chi connectivity index (χ1) is 10.0. The van der Waals surface area contributed by atoms with Gasteiger partial charge in [0.2, 0.25) is 0 Å². The highest BCUT2D eigenvalue weighted by Gasteiger charge is 2.23. The Kier molecular flexibility index (Phi) is 6.71. The smallest absolute Gasteiger partial charge is 0.305 e. The number of carboxylic acids is 1. The number of carboxylic acid groups (broad SMARTS) is 1. The number of ether oxygens (including phenoxy) is 2. The maximum atomic E-state index is 10.9. The first kappa shape index (κ1) is 17.0. The summed E-state index contributed by atoms with van der Waals surface area (Å²) in [6.07, 6.45) is 0.417. The monoisotopic (exact) mass is 295 g/mol. The van der Waals surface area contributed by atoms with Crippen molar-refractivity contribution in [3.63, 3.8) is 0 Å². The van der Waals surface area contributed by atoms with Crippen LogP contribution in [-0.4, -0.2) is 43.0 Å². The predicted octanol–water partition coefficient (Wildman–Crippen LogP) is 1.36. The lowest BCUT2D eigenvalue weighted by Crippen LogP contribution is -2.37. The molecule has 21 heavy (non-hydrogen) atoms. The van der Waals surface area contributed by atoms with E-state index >= 15 is 0 Å². The molecule has 2 unspecified atom stereocenters. The van der Waals surface area contributed by atoms with Gasteiger partial charge in [0.25, 0.3) is 0 Å². The van der Waals surface area contributed by atoms with Crippen molar-refractivity contribution >= 4 is 5.97 Å². The molecule has 0 aromatic heterocycles. The molecule has 0 saturated carbocycles. The molecule has 0 radical (unpaired) electrons. The summed E-state index contributed by atoms with van der Waals surface area (Å²) >= 11 is 0. The van der Waals surface area contributed by atoms with Crippen LogP contribution in [0.3, 0.4) is 0 Å². The van der Waals surface area contributed by atoms with Crippen molar-refractivity contribution in [3.05, 3.63) is 36.4 Å². The highest BCUT2D eigenvalue weighted by atomic mass is 16.5. The Bertz CT molecular complexity index is 489. The van der Waals surface area contributed by atoms with Gasteiger partial charge in [0.15, 0.2) is 11.5 Å². The van der Waals surface area contributed by atoms with E-state index in [0.29, 0.717) is 23.6 Å². The van der Waals surface area contributed by atoms with E-state index in [1.807, 2.05) is 0 Å². The first-order valence-corrected chi connectivity index (χ1v) is 6.49. The van der Waals surface area contributed by atoms with Crippen LogP contribution in [0.2, 0.25) is 0 Å². The SMILES string of the molecule is C=CCNC(CC(=O)O)C(O)c1ccc(OC)c(OC)c1. The third-order valence-corrected chi connectivity index (χ3v) is 3.05. The molecule has 3 N–H and O–H groups in total. The van der Waals surface area contributed by atoms with Gasteiger partial charge in [-0.05, 0) is 17.7 Å². The summed E-state index contributed by atoms with van der Waals surface area (Å²) in [5.74, 6) is 0.0326. The molecule has 0 amide bonds. The minimum Gasteiger partial charge on any atom is -0.493 e. The van der Waals surface area contributed by atoms with Crippen LogP contribution in [0.25, 0.3) is 0 Å². The number of hydrogen-bond acceptors (Lipinski definition) is 5. The fourth-order valence-electron chi connectivity index (χ4n) is 1.99. The van der Waals surface area contributed by atoms with E-state index in [9.17, 15) is 9.90 Å². The lowest BCUT2D eigenvalue weighted by molar-refractivity contribution is -0.138. The quantitative estimate of drug-likeness (QED) is 0.596. The molecule has 116 valence electrons. The molecule has 1 aromatic carbocycles. The number of aliphatic carboxylic acids is 1. The molecule has 0 aliphatic rings. The number of aliphatic hydroxyl groups excluding tert-OH is 1. The molecule has 2 atom stereocenters. The van der Waals surface area contributed by atoms with Crippen molar-refractivity contribution in [2.75, 3.05) is 20.8 Å². The molecule has 0 bridgehead atoms. The largest absolute Gasteiger partial charge is 0.493 e. The van der Waals surface area contributed by atoms with Gasteiger partial charge >= 0.3 is 5.97 Å².